The van der Waals surface area contributed by atoms with E-state index in [4.69, 9.17) is 9.47 Å². The summed E-state index contributed by atoms with van der Waals surface area (Å²) in [4.78, 5) is 36.5. The highest BCUT2D eigenvalue weighted by molar-refractivity contribution is 5.97. The molecule has 0 spiro atoms. The SMILES string of the molecule is Cc1nn(C)c(C(=O)N2CCN(c3ncnc4cc5c(cc34)OCCO5)CC2)c1[N+](=O)[O-]. The van der Waals surface area contributed by atoms with Crippen molar-refractivity contribution in [3.05, 3.63) is 40.0 Å². The van der Waals surface area contributed by atoms with Gasteiger partial charge < -0.3 is 19.3 Å². The van der Waals surface area contributed by atoms with Crippen molar-refractivity contribution >= 4 is 28.3 Å². The summed E-state index contributed by atoms with van der Waals surface area (Å²) in [5.41, 5.74) is 0.728. The number of nitro groups is 1. The molecule has 166 valence electrons. The van der Waals surface area contributed by atoms with Gasteiger partial charge in [0, 0.05) is 44.7 Å². The third kappa shape index (κ3) is 3.24. The second kappa shape index (κ2) is 7.62. The van der Waals surface area contributed by atoms with E-state index in [1.807, 2.05) is 12.1 Å². The van der Waals surface area contributed by atoms with E-state index >= 15 is 0 Å². The number of rotatable bonds is 3. The Morgan fingerprint density at radius 2 is 1.78 bits per heavy atom. The summed E-state index contributed by atoms with van der Waals surface area (Å²) in [6.45, 7) is 4.36. The predicted molar refractivity (Wildman–Crippen MR) is 113 cm³/mol. The summed E-state index contributed by atoms with van der Waals surface area (Å²) in [7, 11) is 1.54. The number of piperazine rings is 1. The van der Waals surface area contributed by atoms with Crippen LogP contribution in [0.15, 0.2) is 18.5 Å². The lowest BCUT2D eigenvalue weighted by Gasteiger charge is -2.35. The van der Waals surface area contributed by atoms with Crippen LogP contribution in [0.3, 0.4) is 0 Å². The first kappa shape index (κ1) is 20.0. The fourth-order valence-electron chi connectivity index (χ4n) is 4.21. The van der Waals surface area contributed by atoms with Gasteiger partial charge in [0.1, 0.15) is 31.1 Å². The lowest BCUT2D eigenvalue weighted by Crippen LogP contribution is -2.49. The van der Waals surface area contributed by atoms with Crippen LogP contribution in [-0.2, 0) is 7.05 Å². The Morgan fingerprint density at radius 3 is 2.47 bits per heavy atom. The van der Waals surface area contributed by atoms with Gasteiger partial charge in [-0.05, 0) is 13.0 Å². The first-order chi connectivity index (χ1) is 15.4. The van der Waals surface area contributed by atoms with Crippen LogP contribution in [0.1, 0.15) is 16.2 Å². The molecule has 4 heterocycles. The Kier molecular flexibility index (Phi) is 4.76. The second-order valence-corrected chi connectivity index (χ2v) is 7.65. The van der Waals surface area contributed by atoms with E-state index in [0.717, 1.165) is 16.7 Å². The molecule has 2 aliphatic heterocycles. The van der Waals surface area contributed by atoms with Gasteiger partial charge in [-0.2, -0.15) is 5.10 Å². The van der Waals surface area contributed by atoms with Gasteiger partial charge in [0.05, 0.1) is 10.4 Å². The highest BCUT2D eigenvalue weighted by Crippen LogP contribution is 2.37. The van der Waals surface area contributed by atoms with E-state index in [2.05, 4.69) is 20.0 Å². The summed E-state index contributed by atoms with van der Waals surface area (Å²) in [6.07, 6.45) is 1.51. The fourth-order valence-corrected chi connectivity index (χ4v) is 4.21. The maximum atomic E-state index is 13.1. The van der Waals surface area contributed by atoms with Gasteiger partial charge in [-0.15, -0.1) is 0 Å². The fraction of sp³-hybridized carbons (Fsp3) is 0.400. The van der Waals surface area contributed by atoms with Crippen molar-refractivity contribution in [2.24, 2.45) is 7.05 Å². The minimum absolute atomic E-state index is 0.00258. The zero-order valence-electron chi connectivity index (χ0n) is 17.6. The molecule has 0 unspecified atom stereocenters. The zero-order valence-corrected chi connectivity index (χ0v) is 17.6. The third-order valence-electron chi connectivity index (χ3n) is 5.72. The van der Waals surface area contributed by atoms with Crippen LogP contribution in [-0.4, -0.2) is 74.9 Å². The molecule has 1 saturated heterocycles. The number of carbonyl (C=O) groups excluding carboxylic acids is 1. The molecule has 12 nitrogen and oxygen atoms in total. The van der Waals surface area contributed by atoms with E-state index in [1.165, 1.54) is 17.9 Å². The summed E-state index contributed by atoms with van der Waals surface area (Å²) in [5, 5.41) is 16.3. The summed E-state index contributed by atoms with van der Waals surface area (Å²) >= 11 is 0. The molecular formula is C20H21N7O5. The molecule has 32 heavy (non-hydrogen) atoms. The Balaban J connectivity index is 1.38. The van der Waals surface area contributed by atoms with Crippen molar-refractivity contribution in [2.75, 3.05) is 44.3 Å². The predicted octanol–water partition coefficient (Wildman–Crippen LogP) is 1.31. The van der Waals surface area contributed by atoms with Gasteiger partial charge in [-0.3, -0.25) is 19.6 Å². The number of nitrogens with zero attached hydrogens (tertiary/aromatic N) is 7. The second-order valence-electron chi connectivity index (χ2n) is 7.65. The van der Waals surface area contributed by atoms with E-state index in [-0.39, 0.29) is 17.1 Å². The number of aryl methyl sites for hydroxylation is 2. The van der Waals surface area contributed by atoms with Crippen LogP contribution in [0.5, 0.6) is 11.5 Å². The quantitative estimate of drug-likeness (QED) is 0.438. The molecule has 0 bridgehead atoms. The molecule has 0 saturated carbocycles. The topological polar surface area (TPSA) is 129 Å². The molecule has 0 aliphatic carbocycles. The highest BCUT2D eigenvalue weighted by atomic mass is 16.6. The van der Waals surface area contributed by atoms with Crippen LogP contribution in [0.2, 0.25) is 0 Å². The highest BCUT2D eigenvalue weighted by Gasteiger charge is 2.34. The lowest BCUT2D eigenvalue weighted by molar-refractivity contribution is -0.385. The number of hydrogen-bond acceptors (Lipinski definition) is 9. The number of carbonyl (C=O) groups is 1. The summed E-state index contributed by atoms with van der Waals surface area (Å²) < 4.78 is 12.6. The number of hydrogen-bond donors (Lipinski definition) is 0. The van der Waals surface area contributed by atoms with E-state index in [0.29, 0.717) is 50.9 Å². The number of aromatic nitrogens is 4. The van der Waals surface area contributed by atoms with Gasteiger partial charge in [0.25, 0.3) is 5.91 Å². The van der Waals surface area contributed by atoms with Crippen LogP contribution in [0, 0.1) is 17.0 Å². The molecule has 1 fully saturated rings. The molecule has 1 amide bonds. The average molecular weight is 439 g/mol. The molecule has 0 atom stereocenters. The van der Waals surface area contributed by atoms with Crippen LogP contribution in [0.25, 0.3) is 10.9 Å². The van der Waals surface area contributed by atoms with Gasteiger partial charge in [0.15, 0.2) is 11.5 Å². The molecule has 2 aliphatic rings. The van der Waals surface area contributed by atoms with Gasteiger partial charge in [0.2, 0.25) is 5.69 Å². The monoisotopic (exact) mass is 439 g/mol. The minimum Gasteiger partial charge on any atom is -0.486 e. The van der Waals surface area contributed by atoms with E-state index < -0.39 is 10.8 Å². The van der Waals surface area contributed by atoms with Gasteiger partial charge in [-0.25, -0.2) is 9.97 Å². The normalized spacial score (nSPS) is 15.8. The first-order valence-corrected chi connectivity index (χ1v) is 10.2. The van der Waals surface area contributed by atoms with Crippen molar-refractivity contribution < 1.29 is 19.2 Å². The molecule has 5 rings (SSSR count). The Labute approximate surface area is 182 Å². The summed E-state index contributed by atoms with van der Waals surface area (Å²) in [6, 6.07) is 3.73. The van der Waals surface area contributed by atoms with Crippen LogP contribution in [0.4, 0.5) is 11.5 Å². The van der Waals surface area contributed by atoms with Crippen molar-refractivity contribution in [3.63, 3.8) is 0 Å². The molecular weight excluding hydrogens is 418 g/mol. The van der Waals surface area contributed by atoms with Crippen molar-refractivity contribution in [1.82, 2.24) is 24.6 Å². The number of anilines is 1. The van der Waals surface area contributed by atoms with E-state index in [1.54, 1.807) is 11.9 Å². The molecule has 0 N–H and O–H groups in total. The number of ether oxygens (including phenoxy) is 2. The van der Waals surface area contributed by atoms with E-state index in [9.17, 15) is 14.9 Å². The maximum absolute atomic E-state index is 13.1. The smallest absolute Gasteiger partial charge is 0.322 e. The lowest BCUT2D eigenvalue weighted by atomic mass is 10.1. The molecule has 2 aromatic heterocycles. The van der Waals surface area contributed by atoms with Gasteiger partial charge >= 0.3 is 5.69 Å². The third-order valence-corrected chi connectivity index (χ3v) is 5.72. The largest absolute Gasteiger partial charge is 0.486 e. The number of benzene rings is 1. The Morgan fingerprint density at radius 1 is 1.09 bits per heavy atom. The first-order valence-electron chi connectivity index (χ1n) is 10.2. The van der Waals surface area contributed by atoms with Crippen LogP contribution < -0.4 is 14.4 Å². The van der Waals surface area contributed by atoms with Crippen molar-refractivity contribution in [1.29, 1.82) is 0 Å². The zero-order chi connectivity index (χ0) is 22.4. The van der Waals surface area contributed by atoms with Crippen molar-refractivity contribution in [3.8, 4) is 11.5 Å². The molecule has 3 aromatic rings. The Hall–Kier alpha value is -3.96. The molecule has 12 heteroatoms. The Bertz CT molecular complexity index is 1230. The number of fused-ring (bicyclic) bond motifs is 2. The van der Waals surface area contributed by atoms with Gasteiger partial charge in [-0.1, -0.05) is 0 Å². The average Bonchev–Trinajstić information content (AvgIpc) is 3.10. The van der Waals surface area contributed by atoms with Crippen LogP contribution >= 0.6 is 0 Å². The standard InChI is InChI=1S/C20H21N7O5/c1-12-17(27(29)30)18(24(2)23-12)20(28)26-5-3-25(4-6-26)19-13-9-15-16(32-8-7-31-15)10-14(13)21-11-22-19/h9-11H,3-8H2,1-2H3. The number of amides is 1. The maximum Gasteiger partial charge on any atom is 0.322 e. The molecule has 1 aromatic carbocycles. The summed E-state index contributed by atoms with van der Waals surface area (Å²) in [5.74, 6) is 1.68. The molecule has 0 radical (unpaired) electrons. The minimum atomic E-state index is -0.550. The van der Waals surface area contributed by atoms with Crippen molar-refractivity contribution in [2.45, 2.75) is 6.92 Å².